The zero-order chi connectivity index (χ0) is 40.4. The fourth-order valence-electron chi connectivity index (χ4n) is 8.42. The van der Waals surface area contributed by atoms with Gasteiger partial charge in [0.2, 0.25) is 5.91 Å². The van der Waals surface area contributed by atoms with Gasteiger partial charge in [-0.15, -0.1) is 0 Å². The van der Waals surface area contributed by atoms with Crippen LogP contribution in [0.1, 0.15) is 94.9 Å². The number of ether oxygens (including phenoxy) is 7. The lowest BCUT2D eigenvalue weighted by atomic mass is 9.77. The number of rotatable bonds is 8. The first-order valence-electron chi connectivity index (χ1n) is 19.1. The molecule has 0 aromatic rings. The van der Waals surface area contributed by atoms with Gasteiger partial charge in [-0.3, -0.25) is 9.59 Å². The summed E-state index contributed by atoms with van der Waals surface area (Å²) >= 11 is 0. The first-order chi connectivity index (χ1) is 24.5. The lowest BCUT2D eigenvalue weighted by Gasteiger charge is -2.49. The highest BCUT2D eigenvalue weighted by molar-refractivity contribution is 5.78. The fraction of sp³-hybridized carbons (Fsp3) is 0.947. The Morgan fingerprint density at radius 3 is 2.04 bits per heavy atom. The molecule has 3 aliphatic rings. The summed E-state index contributed by atoms with van der Waals surface area (Å²) in [6.07, 6.45) is -8.77. The maximum atomic E-state index is 14.2. The third-order valence-corrected chi connectivity index (χ3v) is 12.2. The summed E-state index contributed by atoms with van der Waals surface area (Å²) in [5.74, 6) is -3.58. The summed E-state index contributed by atoms with van der Waals surface area (Å²) in [4.78, 5) is 29.9. The van der Waals surface area contributed by atoms with Gasteiger partial charge in [-0.05, 0) is 81.8 Å². The van der Waals surface area contributed by atoms with Crippen LogP contribution in [0.15, 0.2) is 0 Å². The molecule has 1 amide bonds. The van der Waals surface area contributed by atoms with Crippen molar-refractivity contribution in [2.75, 3.05) is 28.3 Å². The van der Waals surface area contributed by atoms with E-state index in [1.807, 2.05) is 32.8 Å². The number of nitrogens with zero attached hydrogens (tertiary/aromatic N) is 1. The van der Waals surface area contributed by atoms with Crippen LogP contribution in [-0.2, 0) is 42.7 Å². The van der Waals surface area contributed by atoms with Crippen molar-refractivity contribution in [3.05, 3.63) is 0 Å². The standard InChI is InChI=1S/C38H70N2O13/c1-15-26-38(10,46)30(42)23(6)39-33(44)19(2)17-37(9,48-14)32(53-35-28(41)25(40(11)12)16-20(3)49-35)21(4)29(22(5)34(45)51-26)52-27-18-36(8,47-13)31(43)24(7)50-27/h19-32,35,41-43,46H,15-18H2,1-14H3,(H,39,44)/t19-,20-,21+,22-,23-,24+,25+,26-,27+,28-,29+,30-,31+,32-,35?,36-,37-,38-/m1/s1. The molecule has 18 atom stereocenters. The second kappa shape index (κ2) is 18.2. The molecule has 0 bridgehead atoms. The van der Waals surface area contributed by atoms with Gasteiger partial charge in [-0.2, -0.15) is 0 Å². The lowest BCUT2D eigenvalue weighted by molar-refractivity contribution is -0.319. The van der Waals surface area contributed by atoms with Crippen LogP contribution in [0.2, 0.25) is 0 Å². The summed E-state index contributed by atoms with van der Waals surface area (Å²) < 4.78 is 43.9. The predicted molar refractivity (Wildman–Crippen MR) is 194 cm³/mol. The molecule has 3 saturated heterocycles. The first-order valence-corrected chi connectivity index (χ1v) is 19.1. The predicted octanol–water partition coefficient (Wildman–Crippen LogP) is 1.74. The SMILES string of the molecule is CC[C@H]1OC(=O)[C@H](C)[C@@H](O[C@H]2C[C@@](C)(OC)[C@@H](O)[C@H](C)O2)[C@H](C)[C@@H](OC2O[C@H](C)C[C@H](N(C)C)[C@H]2O)[C@](C)(OC)C[C@@H](C)C(=O)N[C@H](C)[C@@H](O)[C@]1(C)O. The van der Waals surface area contributed by atoms with Gasteiger partial charge in [0.25, 0.3) is 0 Å². The summed E-state index contributed by atoms with van der Waals surface area (Å²) in [6, 6.07) is -1.21. The van der Waals surface area contributed by atoms with Crippen LogP contribution in [0.25, 0.3) is 0 Å². The van der Waals surface area contributed by atoms with Crippen LogP contribution < -0.4 is 5.32 Å². The van der Waals surface area contributed by atoms with E-state index in [9.17, 15) is 30.0 Å². The van der Waals surface area contributed by atoms with Crippen molar-refractivity contribution in [3.63, 3.8) is 0 Å². The van der Waals surface area contributed by atoms with E-state index in [0.717, 1.165) is 0 Å². The van der Waals surface area contributed by atoms with Crippen molar-refractivity contribution in [2.45, 2.75) is 185 Å². The number of carbonyl (C=O) groups excluding carboxylic acids is 2. The van der Waals surface area contributed by atoms with Gasteiger partial charge in [0.15, 0.2) is 12.6 Å². The number of nitrogens with one attached hydrogen (secondary N) is 1. The van der Waals surface area contributed by atoms with Gasteiger partial charge < -0.3 is 63.8 Å². The third kappa shape index (κ3) is 10.1. The van der Waals surface area contributed by atoms with Gasteiger partial charge in [0.05, 0.1) is 47.6 Å². The molecule has 3 rings (SSSR count). The molecule has 0 spiro atoms. The van der Waals surface area contributed by atoms with Crippen molar-refractivity contribution in [1.82, 2.24) is 10.2 Å². The van der Waals surface area contributed by atoms with E-state index in [0.29, 0.717) is 6.42 Å². The molecule has 3 fully saturated rings. The second-order valence-electron chi connectivity index (χ2n) is 16.7. The molecule has 0 aromatic heterocycles. The number of hydrogen-bond acceptors (Lipinski definition) is 14. The quantitative estimate of drug-likeness (QED) is 0.225. The van der Waals surface area contributed by atoms with Crippen LogP contribution in [0, 0.1) is 17.8 Å². The molecule has 1 unspecified atom stereocenters. The number of likely N-dealkylation sites (N-methyl/N-ethyl adjacent to an activating group) is 1. The lowest BCUT2D eigenvalue weighted by Crippen LogP contribution is -2.61. The number of cyclic esters (lactones) is 1. The second-order valence-corrected chi connectivity index (χ2v) is 16.7. The monoisotopic (exact) mass is 762 g/mol. The fourth-order valence-corrected chi connectivity index (χ4v) is 8.42. The Bertz CT molecular complexity index is 1210. The van der Waals surface area contributed by atoms with E-state index in [1.54, 1.807) is 48.5 Å². The number of hydrogen-bond donors (Lipinski definition) is 5. The van der Waals surface area contributed by atoms with Crippen LogP contribution >= 0.6 is 0 Å². The highest BCUT2D eigenvalue weighted by Crippen LogP contribution is 2.41. The average molecular weight is 763 g/mol. The molecule has 5 N–H and O–H groups in total. The molecule has 310 valence electrons. The highest BCUT2D eigenvalue weighted by Gasteiger charge is 2.53. The summed E-state index contributed by atoms with van der Waals surface area (Å²) in [5.41, 5.74) is -4.23. The molecule has 15 nitrogen and oxygen atoms in total. The molecule has 3 heterocycles. The van der Waals surface area contributed by atoms with Gasteiger partial charge in [0, 0.05) is 38.5 Å². The van der Waals surface area contributed by atoms with E-state index in [-0.39, 0.29) is 31.4 Å². The van der Waals surface area contributed by atoms with Crippen LogP contribution in [0.4, 0.5) is 0 Å². The van der Waals surface area contributed by atoms with Crippen molar-refractivity contribution < 1.29 is 63.2 Å². The molecule has 0 saturated carbocycles. The first kappa shape index (κ1) is 45.9. The largest absolute Gasteiger partial charge is 0.459 e. The minimum absolute atomic E-state index is 0.104. The van der Waals surface area contributed by atoms with Gasteiger partial charge in [-0.1, -0.05) is 20.8 Å². The number of amides is 1. The Hall–Kier alpha value is -1.50. The van der Waals surface area contributed by atoms with Gasteiger partial charge in [0.1, 0.15) is 30.0 Å². The zero-order valence-electron chi connectivity index (χ0n) is 34.4. The van der Waals surface area contributed by atoms with E-state index >= 15 is 0 Å². The average Bonchev–Trinajstić information content (AvgIpc) is 3.09. The molecular formula is C38H70N2O13. The number of aliphatic hydroxyl groups is 4. The Morgan fingerprint density at radius 1 is 0.887 bits per heavy atom. The number of aliphatic hydroxyl groups excluding tert-OH is 3. The van der Waals surface area contributed by atoms with E-state index in [1.165, 1.54) is 21.1 Å². The van der Waals surface area contributed by atoms with Crippen LogP contribution in [-0.4, -0.2) is 156 Å². The normalized spacial score (nSPS) is 48.4. The Labute approximate surface area is 316 Å². The minimum Gasteiger partial charge on any atom is -0.459 e. The maximum absolute atomic E-state index is 14.2. The van der Waals surface area contributed by atoms with Crippen molar-refractivity contribution in [3.8, 4) is 0 Å². The van der Waals surface area contributed by atoms with E-state index < -0.39 is 108 Å². The molecule has 0 aromatic carbocycles. The Morgan fingerprint density at radius 2 is 1.49 bits per heavy atom. The molecule has 3 aliphatic heterocycles. The summed E-state index contributed by atoms with van der Waals surface area (Å²) in [7, 11) is 6.76. The van der Waals surface area contributed by atoms with Crippen molar-refractivity contribution >= 4 is 11.9 Å². The Kier molecular flexibility index (Phi) is 15.7. The van der Waals surface area contributed by atoms with Crippen molar-refractivity contribution in [1.29, 1.82) is 0 Å². The Balaban J connectivity index is 2.22. The molecule has 53 heavy (non-hydrogen) atoms. The number of esters is 1. The molecule has 15 heteroatoms. The minimum atomic E-state index is -1.94. The van der Waals surface area contributed by atoms with Crippen molar-refractivity contribution in [2.24, 2.45) is 17.8 Å². The highest BCUT2D eigenvalue weighted by atomic mass is 16.7. The topological polar surface area (TPSA) is 195 Å². The number of carbonyl (C=O) groups is 2. The van der Waals surface area contributed by atoms with E-state index in [2.05, 4.69) is 5.32 Å². The molecular weight excluding hydrogens is 692 g/mol. The van der Waals surface area contributed by atoms with Gasteiger partial charge >= 0.3 is 5.97 Å². The third-order valence-electron chi connectivity index (χ3n) is 12.2. The van der Waals surface area contributed by atoms with Crippen LogP contribution in [0.5, 0.6) is 0 Å². The smallest absolute Gasteiger partial charge is 0.311 e. The molecule has 0 aliphatic carbocycles. The van der Waals surface area contributed by atoms with E-state index in [4.69, 9.17) is 33.2 Å². The summed E-state index contributed by atoms with van der Waals surface area (Å²) in [6.45, 7) is 17.0. The van der Waals surface area contributed by atoms with Gasteiger partial charge in [-0.25, -0.2) is 0 Å². The summed E-state index contributed by atoms with van der Waals surface area (Å²) in [5, 5.41) is 48.3. The molecule has 0 radical (unpaired) electrons. The number of methoxy groups -OCH3 is 2. The zero-order valence-corrected chi connectivity index (χ0v) is 34.4. The van der Waals surface area contributed by atoms with Crippen LogP contribution in [0.3, 0.4) is 0 Å². The maximum Gasteiger partial charge on any atom is 0.311 e.